The van der Waals surface area contributed by atoms with Crippen molar-refractivity contribution in [2.45, 2.75) is 37.1 Å². The van der Waals surface area contributed by atoms with Crippen molar-refractivity contribution in [3.63, 3.8) is 0 Å². The molecule has 20 heavy (non-hydrogen) atoms. The van der Waals surface area contributed by atoms with Gasteiger partial charge >= 0.3 is 0 Å². The van der Waals surface area contributed by atoms with Crippen molar-refractivity contribution in [3.8, 4) is 0 Å². The van der Waals surface area contributed by atoms with E-state index in [1.807, 2.05) is 37.3 Å². The molecule has 0 aromatic heterocycles. The minimum absolute atomic E-state index is 0.0974. The first kappa shape index (κ1) is 13.6. The molecule has 2 aromatic carbocycles. The Hall–Kier alpha value is -1.39. The first-order chi connectivity index (χ1) is 9.59. The van der Waals surface area contributed by atoms with Crippen molar-refractivity contribution < 1.29 is 8.42 Å². The lowest BCUT2D eigenvalue weighted by Gasteiger charge is -2.32. The monoisotopic (exact) mass is 289 g/mol. The maximum absolute atomic E-state index is 12.8. The molecule has 1 aliphatic heterocycles. The van der Waals surface area contributed by atoms with E-state index in [-0.39, 0.29) is 6.04 Å². The normalized spacial score (nSPS) is 21.1. The third kappa shape index (κ3) is 2.34. The minimum Gasteiger partial charge on any atom is -0.207 e. The van der Waals surface area contributed by atoms with Crippen LogP contribution in [0.15, 0.2) is 47.4 Å². The highest BCUT2D eigenvalue weighted by Gasteiger charge is 2.30. The molecule has 3 nitrogen and oxygen atoms in total. The molecule has 0 radical (unpaired) electrons. The Labute approximate surface area is 120 Å². The van der Waals surface area contributed by atoms with Crippen LogP contribution in [-0.4, -0.2) is 25.3 Å². The smallest absolute Gasteiger partial charge is 0.207 e. The summed E-state index contributed by atoms with van der Waals surface area (Å²) in [5, 5.41) is 2.04. The lowest BCUT2D eigenvalue weighted by atomic mass is 10.1. The summed E-state index contributed by atoms with van der Waals surface area (Å²) in [6.45, 7) is 2.63. The standard InChI is InChI=1S/C16H19NO2S/c1-13-6-4-5-11-17(13)20(18,19)16-10-9-14-7-2-3-8-15(14)12-16/h2-3,7-10,12-13H,4-6,11H2,1H3. The Morgan fingerprint density at radius 2 is 1.80 bits per heavy atom. The van der Waals surface area contributed by atoms with Crippen molar-refractivity contribution in [1.29, 1.82) is 0 Å². The van der Waals surface area contributed by atoms with Crippen LogP contribution in [0.5, 0.6) is 0 Å². The van der Waals surface area contributed by atoms with E-state index in [0.717, 1.165) is 30.0 Å². The summed E-state index contributed by atoms with van der Waals surface area (Å²) >= 11 is 0. The lowest BCUT2D eigenvalue weighted by molar-refractivity contribution is 0.268. The summed E-state index contributed by atoms with van der Waals surface area (Å²) in [5.41, 5.74) is 0. The van der Waals surface area contributed by atoms with Gasteiger partial charge in [-0.2, -0.15) is 4.31 Å². The molecule has 1 unspecified atom stereocenters. The number of hydrogen-bond donors (Lipinski definition) is 0. The van der Waals surface area contributed by atoms with Crippen LogP contribution in [0.2, 0.25) is 0 Å². The van der Waals surface area contributed by atoms with Gasteiger partial charge in [0.2, 0.25) is 10.0 Å². The summed E-state index contributed by atoms with van der Waals surface area (Å²) in [5.74, 6) is 0. The van der Waals surface area contributed by atoms with Gasteiger partial charge in [-0.3, -0.25) is 0 Å². The second-order valence-electron chi connectivity index (χ2n) is 5.47. The van der Waals surface area contributed by atoms with E-state index < -0.39 is 10.0 Å². The van der Waals surface area contributed by atoms with Gasteiger partial charge in [-0.1, -0.05) is 36.8 Å². The van der Waals surface area contributed by atoms with Crippen LogP contribution in [0, 0.1) is 0 Å². The molecule has 1 saturated heterocycles. The van der Waals surface area contributed by atoms with Crippen LogP contribution in [0.3, 0.4) is 0 Å². The summed E-state index contributed by atoms with van der Waals surface area (Å²) in [6.07, 6.45) is 3.02. The molecule has 0 bridgehead atoms. The zero-order valence-electron chi connectivity index (χ0n) is 11.6. The molecule has 0 N–H and O–H groups in total. The Bertz CT molecular complexity index is 724. The first-order valence-corrected chi connectivity index (χ1v) is 8.54. The van der Waals surface area contributed by atoms with Crippen LogP contribution in [-0.2, 0) is 10.0 Å². The number of nitrogens with zero attached hydrogens (tertiary/aromatic N) is 1. The fourth-order valence-electron chi connectivity index (χ4n) is 2.89. The Morgan fingerprint density at radius 3 is 2.55 bits per heavy atom. The highest BCUT2D eigenvalue weighted by molar-refractivity contribution is 7.89. The van der Waals surface area contributed by atoms with E-state index in [4.69, 9.17) is 0 Å². The third-order valence-corrected chi connectivity index (χ3v) is 6.08. The number of piperidine rings is 1. The molecule has 4 heteroatoms. The van der Waals surface area contributed by atoms with Gasteiger partial charge in [0.25, 0.3) is 0 Å². The number of hydrogen-bond acceptors (Lipinski definition) is 2. The minimum atomic E-state index is -3.37. The molecule has 1 fully saturated rings. The first-order valence-electron chi connectivity index (χ1n) is 7.10. The molecule has 1 atom stereocenters. The Balaban J connectivity index is 2.04. The molecule has 3 rings (SSSR count). The molecule has 0 saturated carbocycles. The van der Waals surface area contributed by atoms with E-state index in [1.165, 1.54) is 0 Å². The predicted molar refractivity (Wildman–Crippen MR) is 81.2 cm³/mol. The Morgan fingerprint density at radius 1 is 1.05 bits per heavy atom. The van der Waals surface area contributed by atoms with Crippen LogP contribution in [0.4, 0.5) is 0 Å². The van der Waals surface area contributed by atoms with Crippen LogP contribution in [0.25, 0.3) is 10.8 Å². The van der Waals surface area contributed by atoms with Crippen molar-refractivity contribution in [1.82, 2.24) is 4.31 Å². The molecular formula is C16H19NO2S. The molecule has 106 valence electrons. The molecule has 1 aliphatic rings. The van der Waals surface area contributed by atoms with E-state index in [1.54, 1.807) is 16.4 Å². The van der Waals surface area contributed by atoms with Gasteiger partial charge in [-0.15, -0.1) is 0 Å². The summed E-state index contributed by atoms with van der Waals surface area (Å²) in [7, 11) is -3.37. The number of benzene rings is 2. The van der Waals surface area contributed by atoms with Gasteiger partial charge in [-0.25, -0.2) is 8.42 Å². The maximum Gasteiger partial charge on any atom is 0.243 e. The Kier molecular flexibility index (Phi) is 3.52. The third-order valence-electron chi connectivity index (χ3n) is 4.07. The molecule has 0 amide bonds. The number of sulfonamides is 1. The van der Waals surface area contributed by atoms with Crippen LogP contribution < -0.4 is 0 Å². The van der Waals surface area contributed by atoms with Gasteiger partial charge in [0.1, 0.15) is 0 Å². The van der Waals surface area contributed by atoms with Crippen molar-refractivity contribution >= 4 is 20.8 Å². The van der Waals surface area contributed by atoms with Crippen molar-refractivity contribution in [2.24, 2.45) is 0 Å². The second-order valence-corrected chi connectivity index (χ2v) is 7.36. The van der Waals surface area contributed by atoms with Crippen LogP contribution in [0.1, 0.15) is 26.2 Å². The van der Waals surface area contributed by atoms with E-state index >= 15 is 0 Å². The fraction of sp³-hybridized carbons (Fsp3) is 0.375. The van der Waals surface area contributed by atoms with Gasteiger partial charge in [0.15, 0.2) is 0 Å². The molecule has 1 heterocycles. The van der Waals surface area contributed by atoms with E-state index in [0.29, 0.717) is 11.4 Å². The van der Waals surface area contributed by atoms with Crippen molar-refractivity contribution in [3.05, 3.63) is 42.5 Å². The van der Waals surface area contributed by atoms with E-state index in [9.17, 15) is 8.42 Å². The zero-order chi connectivity index (χ0) is 14.2. The molecule has 0 spiro atoms. The largest absolute Gasteiger partial charge is 0.243 e. The zero-order valence-corrected chi connectivity index (χ0v) is 12.4. The van der Waals surface area contributed by atoms with Gasteiger partial charge < -0.3 is 0 Å². The molecular weight excluding hydrogens is 270 g/mol. The lowest BCUT2D eigenvalue weighted by Crippen LogP contribution is -2.41. The maximum atomic E-state index is 12.8. The quantitative estimate of drug-likeness (QED) is 0.849. The average Bonchev–Trinajstić information content (AvgIpc) is 2.47. The highest BCUT2D eigenvalue weighted by Crippen LogP contribution is 2.27. The van der Waals surface area contributed by atoms with Gasteiger partial charge in [0.05, 0.1) is 4.90 Å². The van der Waals surface area contributed by atoms with Gasteiger partial charge in [-0.05, 0) is 42.7 Å². The van der Waals surface area contributed by atoms with E-state index in [2.05, 4.69) is 0 Å². The average molecular weight is 289 g/mol. The highest BCUT2D eigenvalue weighted by atomic mass is 32.2. The van der Waals surface area contributed by atoms with Gasteiger partial charge in [0, 0.05) is 12.6 Å². The summed E-state index contributed by atoms with van der Waals surface area (Å²) < 4.78 is 27.2. The second kappa shape index (κ2) is 5.19. The number of rotatable bonds is 2. The van der Waals surface area contributed by atoms with Crippen molar-refractivity contribution in [2.75, 3.05) is 6.54 Å². The SMILES string of the molecule is CC1CCCCN1S(=O)(=O)c1ccc2ccccc2c1. The molecule has 2 aromatic rings. The summed E-state index contributed by atoms with van der Waals surface area (Å²) in [6, 6.07) is 13.3. The predicted octanol–water partition coefficient (Wildman–Crippen LogP) is 3.40. The number of fused-ring (bicyclic) bond motifs is 1. The summed E-state index contributed by atoms with van der Waals surface area (Å²) in [4.78, 5) is 0.407. The fourth-order valence-corrected chi connectivity index (χ4v) is 4.63. The molecule has 0 aliphatic carbocycles. The van der Waals surface area contributed by atoms with Crippen LogP contribution >= 0.6 is 0 Å². The topological polar surface area (TPSA) is 37.4 Å².